The second-order valence-corrected chi connectivity index (χ2v) is 6.06. The molecule has 1 atom stereocenters. The van der Waals surface area contributed by atoms with Crippen LogP contribution in [-0.4, -0.2) is 32.1 Å². The molecule has 0 aliphatic carbocycles. The van der Waals surface area contributed by atoms with E-state index in [4.69, 9.17) is 4.74 Å². The van der Waals surface area contributed by atoms with E-state index in [0.717, 1.165) is 37.4 Å². The number of ether oxygens (including phenoxy) is 1. The van der Waals surface area contributed by atoms with Crippen molar-refractivity contribution in [1.29, 1.82) is 0 Å². The zero-order valence-corrected chi connectivity index (χ0v) is 13.2. The Hall–Kier alpha value is -2.49. The van der Waals surface area contributed by atoms with Gasteiger partial charge < -0.3 is 14.5 Å². The Balaban J connectivity index is 1.56. The van der Waals surface area contributed by atoms with Gasteiger partial charge in [-0.3, -0.25) is 4.79 Å². The van der Waals surface area contributed by atoms with Gasteiger partial charge in [-0.05, 0) is 48.7 Å². The summed E-state index contributed by atoms with van der Waals surface area (Å²) in [6.07, 6.45) is 1.90. The molecule has 0 N–H and O–H groups in total. The van der Waals surface area contributed by atoms with Crippen molar-refractivity contribution >= 4 is 17.3 Å². The van der Waals surface area contributed by atoms with E-state index in [1.54, 1.807) is 7.11 Å². The monoisotopic (exact) mass is 308 g/mol. The van der Waals surface area contributed by atoms with Crippen molar-refractivity contribution in [3.63, 3.8) is 0 Å². The van der Waals surface area contributed by atoms with Crippen LogP contribution in [0.25, 0.3) is 0 Å². The van der Waals surface area contributed by atoms with Crippen molar-refractivity contribution < 1.29 is 9.53 Å². The Morgan fingerprint density at radius 2 is 1.83 bits per heavy atom. The highest BCUT2D eigenvalue weighted by molar-refractivity contribution is 6.01. The van der Waals surface area contributed by atoms with E-state index in [9.17, 15) is 4.79 Å². The lowest BCUT2D eigenvalue weighted by molar-refractivity contribution is -0.118. The lowest BCUT2D eigenvalue weighted by Gasteiger charge is -2.26. The number of amides is 1. The van der Waals surface area contributed by atoms with Gasteiger partial charge in [0.1, 0.15) is 11.8 Å². The number of anilines is 2. The van der Waals surface area contributed by atoms with E-state index in [1.165, 1.54) is 11.3 Å². The molecule has 2 aromatic carbocycles. The van der Waals surface area contributed by atoms with Crippen molar-refractivity contribution in [2.75, 3.05) is 30.0 Å². The molecule has 1 saturated heterocycles. The fourth-order valence-electron chi connectivity index (χ4n) is 3.66. The Morgan fingerprint density at radius 1 is 1.04 bits per heavy atom. The summed E-state index contributed by atoms with van der Waals surface area (Å²) in [7, 11) is 1.65. The van der Waals surface area contributed by atoms with Gasteiger partial charge in [-0.1, -0.05) is 18.2 Å². The molecule has 2 aromatic rings. The molecular weight excluding hydrogens is 288 g/mol. The number of benzene rings is 2. The van der Waals surface area contributed by atoms with E-state index in [-0.39, 0.29) is 11.9 Å². The van der Waals surface area contributed by atoms with Gasteiger partial charge in [0.2, 0.25) is 5.91 Å². The highest BCUT2D eigenvalue weighted by atomic mass is 16.5. The van der Waals surface area contributed by atoms with Gasteiger partial charge in [0.25, 0.3) is 0 Å². The van der Waals surface area contributed by atoms with Gasteiger partial charge in [0.05, 0.1) is 7.11 Å². The highest BCUT2D eigenvalue weighted by Crippen LogP contribution is 2.34. The summed E-state index contributed by atoms with van der Waals surface area (Å²) in [6, 6.07) is 16.1. The van der Waals surface area contributed by atoms with Crippen molar-refractivity contribution in [3.05, 3.63) is 54.1 Å². The fraction of sp³-hybridized carbons (Fsp3) is 0.316. The minimum Gasteiger partial charge on any atom is -0.497 e. The largest absolute Gasteiger partial charge is 0.497 e. The Kier molecular flexibility index (Phi) is 3.45. The predicted molar refractivity (Wildman–Crippen MR) is 91.2 cm³/mol. The maximum absolute atomic E-state index is 12.9. The van der Waals surface area contributed by atoms with E-state index in [1.807, 2.05) is 29.2 Å². The van der Waals surface area contributed by atoms with Crippen LogP contribution in [0.2, 0.25) is 0 Å². The second kappa shape index (κ2) is 5.61. The minimum absolute atomic E-state index is 0.0410. The minimum atomic E-state index is -0.0410. The third-order valence-corrected chi connectivity index (χ3v) is 4.86. The highest BCUT2D eigenvalue weighted by Gasteiger charge is 2.38. The lowest BCUT2D eigenvalue weighted by atomic mass is 10.1. The van der Waals surface area contributed by atoms with Crippen LogP contribution in [0.15, 0.2) is 48.5 Å². The van der Waals surface area contributed by atoms with E-state index in [2.05, 4.69) is 29.2 Å². The maximum atomic E-state index is 12.9. The number of fused-ring (bicyclic) bond motifs is 1. The molecule has 2 heterocycles. The van der Waals surface area contributed by atoms with Crippen molar-refractivity contribution in [1.82, 2.24) is 0 Å². The van der Waals surface area contributed by atoms with Crippen LogP contribution in [0.3, 0.4) is 0 Å². The summed E-state index contributed by atoms with van der Waals surface area (Å²) in [4.78, 5) is 17.1. The third kappa shape index (κ3) is 2.34. The van der Waals surface area contributed by atoms with E-state index < -0.39 is 0 Å². The first-order valence-electron chi connectivity index (χ1n) is 8.08. The number of methoxy groups -OCH3 is 1. The summed E-state index contributed by atoms with van der Waals surface area (Å²) in [5, 5.41) is 0. The van der Waals surface area contributed by atoms with Gasteiger partial charge in [-0.15, -0.1) is 0 Å². The average Bonchev–Trinajstić information content (AvgIpc) is 3.18. The van der Waals surface area contributed by atoms with Gasteiger partial charge in [0.15, 0.2) is 0 Å². The summed E-state index contributed by atoms with van der Waals surface area (Å²) in [5.41, 5.74) is 3.52. The molecule has 1 unspecified atom stereocenters. The number of para-hydroxylation sites is 1. The number of hydrogen-bond donors (Lipinski definition) is 0. The van der Waals surface area contributed by atoms with Crippen LogP contribution in [0, 0.1) is 0 Å². The van der Waals surface area contributed by atoms with Crippen LogP contribution in [-0.2, 0) is 11.2 Å². The first-order chi connectivity index (χ1) is 11.3. The molecule has 4 nitrogen and oxygen atoms in total. The lowest BCUT2D eigenvalue weighted by Crippen LogP contribution is -2.41. The Morgan fingerprint density at radius 3 is 2.61 bits per heavy atom. The van der Waals surface area contributed by atoms with Crippen LogP contribution in [0.5, 0.6) is 5.75 Å². The quantitative estimate of drug-likeness (QED) is 0.874. The van der Waals surface area contributed by atoms with Crippen LogP contribution >= 0.6 is 0 Å². The molecule has 2 aliphatic heterocycles. The van der Waals surface area contributed by atoms with Gasteiger partial charge in [-0.2, -0.15) is 0 Å². The Bertz CT molecular complexity index is 726. The maximum Gasteiger partial charge on any atom is 0.249 e. The topological polar surface area (TPSA) is 32.8 Å². The molecule has 23 heavy (non-hydrogen) atoms. The van der Waals surface area contributed by atoms with Crippen molar-refractivity contribution in [2.24, 2.45) is 0 Å². The number of hydrogen-bond acceptors (Lipinski definition) is 3. The molecule has 4 heteroatoms. The fourth-order valence-corrected chi connectivity index (χ4v) is 3.66. The standard InChI is InChI=1S/C19H20N2O2/c1-23-16-8-6-15(7-9-16)20-13-11-18(19(20)22)21-12-10-14-4-2-3-5-17(14)21/h2-9,18H,10-13H2,1H3. The van der Waals surface area contributed by atoms with E-state index >= 15 is 0 Å². The van der Waals surface area contributed by atoms with Crippen molar-refractivity contribution in [3.8, 4) is 5.75 Å². The third-order valence-electron chi connectivity index (χ3n) is 4.86. The Labute approximate surface area is 136 Å². The zero-order valence-electron chi connectivity index (χ0n) is 13.2. The second-order valence-electron chi connectivity index (χ2n) is 6.06. The summed E-state index contributed by atoms with van der Waals surface area (Å²) in [6.45, 7) is 1.71. The molecule has 0 saturated carbocycles. The smallest absolute Gasteiger partial charge is 0.249 e. The normalized spacial score (nSPS) is 20.0. The van der Waals surface area contributed by atoms with Crippen LogP contribution in [0.4, 0.5) is 11.4 Å². The molecule has 118 valence electrons. The molecule has 4 rings (SSSR count). The molecular formula is C19H20N2O2. The summed E-state index contributed by atoms with van der Waals surface area (Å²) in [5.74, 6) is 1.01. The number of carbonyl (C=O) groups is 1. The van der Waals surface area contributed by atoms with Gasteiger partial charge in [0, 0.05) is 24.5 Å². The molecule has 0 spiro atoms. The zero-order chi connectivity index (χ0) is 15.8. The molecule has 0 radical (unpaired) electrons. The van der Waals surface area contributed by atoms with Crippen LogP contribution in [0.1, 0.15) is 12.0 Å². The predicted octanol–water partition coefficient (Wildman–Crippen LogP) is 2.86. The number of carbonyl (C=O) groups excluding carboxylic acids is 1. The first kappa shape index (κ1) is 14.1. The molecule has 1 amide bonds. The molecule has 2 aliphatic rings. The molecule has 1 fully saturated rings. The average molecular weight is 308 g/mol. The van der Waals surface area contributed by atoms with Gasteiger partial charge in [-0.25, -0.2) is 0 Å². The SMILES string of the molecule is COc1ccc(N2CCC(N3CCc4ccccc43)C2=O)cc1. The first-order valence-corrected chi connectivity index (χ1v) is 8.08. The molecule has 0 bridgehead atoms. The van der Waals surface area contributed by atoms with Gasteiger partial charge >= 0.3 is 0 Å². The van der Waals surface area contributed by atoms with E-state index in [0.29, 0.717) is 0 Å². The van der Waals surface area contributed by atoms with Crippen LogP contribution < -0.4 is 14.5 Å². The number of rotatable bonds is 3. The number of nitrogens with zero attached hydrogens (tertiary/aromatic N) is 2. The molecule has 0 aromatic heterocycles. The van der Waals surface area contributed by atoms with Crippen molar-refractivity contribution in [2.45, 2.75) is 18.9 Å². The summed E-state index contributed by atoms with van der Waals surface area (Å²) >= 11 is 0. The summed E-state index contributed by atoms with van der Waals surface area (Å²) < 4.78 is 5.19.